The monoisotopic (exact) mass is 338 g/mol. The average Bonchev–Trinajstić information content (AvgIpc) is 3.04. The second kappa shape index (κ2) is 6.33. The van der Waals surface area contributed by atoms with Gasteiger partial charge in [-0.05, 0) is 37.7 Å². The van der Waals surface area contributed by atoms with Crippen LogP contribution in [0.1, 0.15) is 18.4 Å². The van der Waals surface area contributed by atoms with E-state index in [9.17, 15) is 4.79 Å². The predicted octanol–water partition coefficient (Wildman–Crippen LogP) is 1.29. The lowest BCUT2D eigenvalue weighted by Gasteiger charge is -2.21. The van der Waals surface area contributed by atoms with Gasteiger partial charge >= 0.3 is 0 Å². The Morgan fingerprint density at radius 3 is 2.96 bits per heavy atom. The third-order valence-corrected chi connectivity index (χ3v) is 4.78. The molecule has 0 spiro atoms. The number of nitrogens with zero attached hydrogens (tertiary/aromatic N) is 5. The minimum atomic E-state index is -0.0185. The van der Waals surface area contributed by atoms with E-state index < -0.39 is 0 Å². The van der Waals surface area contributed by atoms with Gasteiger partial charge in [0.2, 0.25) is 5.91 Å². The second-order valence-electron chi connectivity index (χ2n) is 6.67. The predicted molar refractivity (Wildman–Crippen MR) is 97.2 cm³/mol. The third-order valence-electron chi connectivity index (χ3n) is 4.78. The molecule has 0 aromatic carbocycles. The molecule has 130 valence electrons. The molecule has 0 atom stereocenters. The van der Waals surface area contributed by atoms with Crippen LogP contribution in [0.15, 0.2) is 36.3 Å². The Hall–Kier alpha value is -2.67. The quantitative estimate of drug-likeness (QED) is 0.894. The standard InChI is InChI=1S/C18H22N6O/c1-13-14(11-17(25)20-13)10-15-12-19-24-7-4-16(21-18(15)24)23-6-3-5-22(2)8-9-23/h4,7,10,12H,1,3,5-6,8-9,11H2,2H3,(H,20,25)/b14-10+. The molecular formula is C18H22N6O. The van der Waals surface area contributed by atoms with Crippen molar-refractivity contribution in [3.63, 3.8) is 0 Å². The van der Waals surface area contributed by atoms with Crippen LogP contribution in [0.4, 0.5) is 5.82 Å². The minimum Gasteiger partial charge on any atom is -0.355 e. The fraction of sp³-hybridized carbons (Fsp3) is 0.389. The van der Waals surface area contributed by atoms with Crippen LogP contribution in [0.2, 0.25) is 0 Å². The molecule has 0 saturated carbocycles. The zero-order chi connectivity index (χ0) is 17.4. The van der Waals surface area contributed by atoms with E-state index >= 15 is 0 Å². The van der Waals surface area contributed by atoms with Crippen molar-refractivity contribution in [3.8, 4) is 0 Å². The number of amides is 1. The normalized spacial score (nSPS) is 21.2. The number of nitrogens with one attached hydrogen (secondary N) is 1. The maximum Gasteiger partial charge on any atom is 0.228 e. The van der Waals surface area contributed by atoms with Crippen molar-refractivity contribution in [2.24, 2.45) is 0 Å². The smallest absolute Gasteiger partial charge is 0.228 e. The first kappa shape index (κ1) is 15.8. The van der Waals surface area contributed by atoms with Gasteiger partial charge in [-0.15, -0.1) is 0 Å². The molecule has 0 bridgehead atoms. The molecule has 2 aromatic heterocycles. The van der Waals surface area contributed by atoms with Gasteiger partial charge in [-0.1, -0.05) is 6.58 Å². The number of fused-ring (bicyclic) bond motifs is 1. The number of carbonyl (C=O) groups excluding carboxylic acids is 1. The lowest BCUT2D eigenvalue weighted by Crippen LogP contribution is -2.29. The molecule has 4 rings (SSSR count). The molecule has 2 aromatic rings. The maximum absolute atomic E-state index is 11.5. The molecule has 7 heteroatoms. The summed E-state index contributed by atoms with van der Waals surface area (Å²) in [6.07, 6.45) is 7.17. The minimum absolute atomic E-state index is 0.0185. The van der Waals surface area contributed by atoms with Crippen LogP contribution in [0, 0.1) is 0 Å². The van der Waals surface area contributed by atoms with E-state index in [1.807, 2.05) is 18.3 Å². The zero-order valence-electron chi connectivity index (χ0n) is 14.4. The molecule has 25 heavy (non-hydrogen) atoms. The Morgan fingerprint density at radius 1 is 1.28 bits per heavy atom. The summed E-state index contributed by atoms with van der Waals surface area (Å²) in [5.41, 5.74) is 3.26. The second-order valence-corrected chi connectivity index (χ2v) is 6.67. The Labute approximate surface area is 146 Å². The van der Waals surface area contributed by atoms with E-state index in [2.05, 4.69) is 33.8 Å². The van der Waals surface area contributed by atoms with Crippen molar-refractivity contribution in [2.75, 3.05) is 38.1 Å². The summed E-state index contributed by atoms with van der Waals surface area (Å²) in [6.45, 7) is 8.03. The molecule has 2 aliphatic heterocycles. The Balaban J connectivity index is 1.67. The summed E-state index contributed by atoms with van der Waals surface area (Å²) >= 11 is 0. The fourth-order valence-electron chi connectivity index (χ4n) is 3.33. The van der Waals surface area contributed by atoms with E-state index in [1.165, 1.54) is 0 Å². The van der Waals surface area contributed by atoms with Crippen LogP contribution in [-0.4, -0.2) is 58.6 Å². The van der Waals surface area contributed by atoms with Gasteiger partial charge < -0.3 is 15.1 Å². The number of likely N-dealkylation sites (N-methyl/N-ethyl adjacent to an activating group) is 1. The van der Waals surface area contributed by atoms with Crippen molar-refractivity contribution >= 4 is 23.4 Å². The average molecular weight is 338 g/mol. The number of anilines is 1. The summed E-state index contributed by atoms with van der Waals surface area (Å²) in [7, 11) is 2.16. The van der Waals surface area contributed by atoms with E-state index in [0.717, 1.165) is 55.2 Å². The van der Waals surface area contributed by atoms with Crippen LogP contribution >= 0.6 is 0 Å². The van der Waals surface area contributed by atoms with Crippen LogP contribution in [0.5, 0.6) is 0 Å². The topological polar surface area (TPSA) is 65.8 Å². The van der Waals surface area contributed by atoms with Crippen LogP contribution in [-0.2, 0) is 4.79 Å². The molecule has 2 fully saturated rings. The Morgan fingerprint density at radius 2 is 2.16 bits per heavy atom. The molecule has 1 amide bonds. The van der Waals surface area contributed by atoms with Gasteiger partial charge in [-0.3, -0.25) is 4.79 Å². The van der Waals surface area contributed by atoms with Gasteiger partial charge in [-0.2, -0.15) is 5.10 Å². The molecule has 0 aliphatic carbocycles. The first-order valence-corrected chi connectivity index (χ1v) is 8.58. The third kappa shape index (κ3) is 3.15. The van der Waals surface area contributed by atoms with Gasteiger partial charge in [0.1, 0.15) is 5.82 Å². The van der Waals surface area contributed by atoms with Crippen LogP contribution in [0.25, 0.3) is 11.7 Å². The van der Waals surface area contributed by atoms with Gasteiger partial charge in [0.05, 0.1) is 12.6 Å². The van der Waals surface area contributed by atoms with Crippen molar-refractivity contribution in [1.82, 2.24) is 24.8 Å². The first-order chi connectivity index (χ1) is 12.1. The molecule has 2 saturated heterocycles. The largest absolute Gasteiger partial charge is 0.355 e. The van der Waals surface area contributed by atoms with E-state index in [0.29, 0.717) is 12.1 Å². The number of rotatable bonds is 2. The highest BCUT2D eigenvalue weighted by Crippen LogP contribution is 2.23. The van der Waals surface area contributed by atoms with Gasteiger partial charge in [0, 0.05) is 37.1 Å². The molecule has 1 N–H and O–H groups in total. The summed E-state index contributed by atoms with van der Waals surface area (Å²) in [4.78, 5) is 21.0. The van der Waals surface area contributed by atoms with Gasteiger partial charge in [0.25, 0.3) is 0 Å². The van der Waals surface area contributed by atoms with Crippen molar-refractivity contribution < 1.29 is 4.79 Å². The Bertz CT molecular complexity index is 868. The van der Waals surface area contributed by atoms with E-state index in [-0.39, 0.29) is 5.91 Å². The number of hydrogen-bond donors (Lipinski definition) is 1. The summed E-state index contributed by atoms with van der Waals surface area (Å²) in [5, 5.41) is 7.11. The molecule has 7 nitrogen and oxygen atoms in total. The highest BCUT2D eigenvalue weighted by Gasteiger charge is 2.20. The molecular weight excluding hydrogens is 316 g/mol. The molecule has 2 aliphatic rings. The molecule has 0 unspecified atom stereocenters. The highest BCUT2D eigenvalue weighted by atomic mass is 16.1. The SMILES string of the molecule is C=C1NC(=O)C/C1=C\c1cnn2ccc(N3CCCN(C)CC3)nc12. The number of allylic oxidation sites excluding steroid dienone is 1. The van der Waals surface area contributed by atoms with E-state index in [4.69, 9.17) is 4.98 Å². The van der Waals surface area contributed by atoms with Crippen molar-refractivity contribution in [2.45, 2.75) is 12.8 Å². The highest BCUT2D eigenvalue weighted by molar-refractivity contribution is 5.89. The number of aromatic nitrogens is 3. The first-order valence-electron chi connectivity index (χ1n) is 8.58. The Kier molecular flexibility index (Phi) is 4.01. The number of hydrogen-bond acceptors (Lipinski definition) is 5. The molecule has 4 heterocycles. The summed E-state index contributed by atoms with van der Waals surface area (Å²) in [5.74, 6) is 0.956. The lowest BCUT2D eigenvalue weighted by atomic mass is 10.1. The van der Waals surface area contributed by atoms with Crippen LogP contribution in [0.3, 0.4) is 0 Å². The summed E-state index contributed by atoms with van der Waals surface area (Å²) in [6, 6.07) is 2.02. The fourth-order valence-corrected chi connectivity index (χ4v) is 3.33. The van der Waals surface area contributed by atoms with Gasteiger partial charge in [0.15, 0.2) is 5.65 Å². The maximum atomic E-state index is 11.5. The van der Waals surface area contributed by atoms with Gasteiger partial charge in [-0.25, -0.2) is 9.50 Å². The molecule has 0 radical (unpaired) electrons. The zero-order valence-corrected chi connectivity index (χ0v) is 14.4. The summed E-state index contributed by atoms with van der Waals surface area (Å²) < 4.78 is 1.77. The number of carbonyl (C=O) groups is 1. The van der Waals surface area contributed by atoms with Crippen molar-refractivity contribution in [1.29, 1.82) is 0 Å². The van der Waals surface area contributed by atoms with E-state index in [1.54, 1.807) is 10.7 Å². The lowest BCUT2D eigenvalue weighted by molar-refractivity contribution is -0.118. The van der Waals surface area contributed by atoms with Crippen molar-refractivity contribution in [3.05, 3.63) is 41.9 Å². The van der Waals surface area contributed by atoms with Crippen LogP contribution < -0.4 is 10.2 Å².